The van der Waals surface area contributed by atoms with Gasteiger partial charge in [0.05, 0.1) is 6.54 Å². The van der Waals surface area contributed by atoms with E-state index in [4.69, 9.17) is 0 Å². The maximum atomic E-state index is 13.9. The van der Waals surface area contributed by atoms with Crippen LogP contribution in [0.4, 0.5) is 8.78 Å². The molecule has 2 N–H and O–H groups in total. The van der Waals surface area contributed by atoms with Gasteiger partial charge in [0, 0.05) is 44.0 Å². The molecule has 1 saturated heterocycles. The lowest BCUT2D eigenvalue weighted by Gasteiger charge is -2.42. The first kappa shape index (κ1) is 23.9. The maximum absolute atomic E-state index is 13.9. The number of nitrogens with one attached hydrogen (secondary N) is 1. The molecule has 1 fully saturated rings. The zero-order valence-corrected chi connectivity index (χ0v) is 19.2. The van der Waals surface area contributed by atoms with Gasteiger partial charge in [0.1, 0.15) is 23.4 Å². The average molecular weight is 475 g/mol. The van der Waals surface area contributed by atoms with Crippen LogP contribution in [0, 0.1) is 17.6 Å². The van der Waals surface area contributed by atoms with Gasteiger partial charge in [-0.1, -0.05) is 19.9 Å². The summed E-state index contributed by atoms with van der Waals surface area (Å²) < 4.78 is 28.5. The number of aromatic hydroxyl groups is 1. The Morgan fingerprint density at radius 1 is 1.21 bits per heavy atom. The van der Waals surface area contributed by atoms with Crippen LogP contribution in [0.1, 0.15) is 53.1 Å². The molecule has 4 rings (SSSR count). The third-order valence-electron chi connectivity index (χ3n) is 6.25. The lowest BCUT2D eigenvalue weighted by Crippen LogP contribution is -2.57. The Bertz CT molecular complexity index is 1180. The minimum Gasteiger partial charge on any atom is -0.503 e. The summed E-state index contributed by atoms with van der Waals surface area (Å²) in [5, 5.41) is 13.0. The fourth-order valence-electron chi connectivity index (χ4n) is 4.65. The summed E-state index contributed by atoms with van der Waals surface area (Å²) in [5.41, 5.74) is -1.41. The molecule has 3 heterocycles. The predicted molar refractivity (Wildman–Crippen MR) is 120 cm³/mol. The SMILES string of the molecule is CC(C)CN1CCCCN2C(=O)c3c(O)c(=O)c(C(=O)NCc4ccc(F)cc4F)cn3CC12. The monoisotopic (exact) mass is 474 g/mol. The van der Waals surface area contributed by atoms with Crippen molar-refractivity contribution in [1.29, 1.82) is 0 Å². The molecule has 0 aliphatic carbocycles. The normalized spacial score (nSPS) is 18.4. The molecule has 1 aromatic heterocycles. The first-order valence-corrected chi connectivity index (χ1v) is 11.4. The van der Waals surface area contributed by atoms with Crippen molar-refractivity contribution in [1.82, 2.24) is 19.7 Å². The third kappa shape index (κ3) is 4.54. The molecule has 1 atom stereocenters. The lowest BCUT2D eigenvalue weighted by molar-refractivity contribution is 0.0183. The van der Waals surface area contributed by atoms with Gasteiger partial charge in [-0.3, -0.25) is 19.3 Å². The Kier molecular flexibility index (Phi) is 6.70. The highest BCUT2D eigenvalue weighted by atomic mass is 19.1. The fraction of sp³-hybridized carbons (Fsp3) is 0.458. The van der Waals surface area contributed by atoms with Crippen LogP contribution in [0.2, 0.25) is 0 Å². The number of aromatic nitrogens is 1. The van der Waals surface area contributed by atoms with Gasteiger partial charge in [-0.25, -0.2) is 8.78 Å². The number of fused-ring (bicyclic) bond motifs is 2. The molecule has 0 radical (unpaired) electrons. The molecular formula is C24H28F2N4O4. The highest BCUT2D eigenvalue weighted by molar-refractivity contribution is 5.99. The van der Waals surface area contributed by atoms with Gasteiger partial charge in [0.25, 0.3) is 11.8 Å². The summed E-state index contributed by atoms with van der Waals surface area (Å²) in [6, 6.07) is 2.97. The molecule has 2 aromatic rings. The number of hydrogen-bond acceptors (Lipinski definition) is 5. The number of amides is 2. The molecule has 2 amide bonds. The standard InChI is InChI=1S/C24H28F2N4O4/c1-14(2)11-28-7-3-4-8-30-19(28)13-29-12-17(21(31)22(32)20(29)24(30)34)23(33)27-10-15-5-6-16(25)9-18(15)26/h5-6,9,12,14,19,32H,3-4,7-8,10-11,13H2,1-2H3,(H,27,33). The molecule has 1 unspecified atom stereocenters. The van der Waals surface area contributed by atoms with Gasteiger partial charge in [0.2, 0.25) is 5.43 Å². The zero-order chi connectivity index (χ0) is 24.6. The second-order valence-electron chi connectivity index (χ2n) is 9.21. The van der Waals surface area contributed by atoms with Crippen LogP contribution in [-0.2, 0) is 13.1 Å². The highest BCUT2D eigenvalue weighted by Crippen LogP contribution is 2.28. The van der Waals surface area contributed by atoms with E-state index in [0.29, 0.717) is 25.1 Å². The molecule has 2 aliphatic heterocycles. The molecule has 10 heteroatoms. The first-order valence-electron chi connectivity index (χ1n) is 11.4. The van der Waals surface area contributed by atoms with Crippen molar-refractivity contribution in [2.24, 2.45) is 5.92 Å². The van der Waals surface area contributed by atoms with E-state index in [0.717, 1.165) is 32.0 Å². The number of hydrogen-bond donors (Lipinski definition) is 2. The summed E-state index contributed by atoms with van der Waals surface area (Å²) >= 11 is 0. The molecule has 8 nitrogen and oxygen atoms in total. The van der Waals surface area contributed by atoms with Gasteiger partial charge < -0.3 is 19.9 Å². The number of carbonyl (C=O) groups excluding carboxylic acids is 2. The van der Waals surface area contributed by atoms with E-state index in [2.05, 4.69) is 24.1 Å². The van der Waals surface area contributed by atoms with Crippen LogP contribution < -0.4 is 10.7 Å². The fourth-order valence-corrected chi connectivity index (χ4v) is 4.65. The first-order chi connectivity index (χ1) is 16.2. The van der Waals surface area contributed by atoms with Crippen molar-refractivity contribution < 1.29 is 23.5 Å². The number of rotatable bonds is 5. The molecule has 1 aromatic carbocycles. The largest absolute Gasteiger partial charge is 0.503 e. The van der Waals surface area contributed by atoms with Gasteiger partial charge in [-0.2, -0.15) is 0 Å². The highest BCUT2D eigenvalue weighted by Gasteiger charge is 2.39. The Morgan fingerprint density at radius 3 is 2.65 bits per heavy atom. The Labute approximate surface area is 195 Å². The van der Waals surface area contributed by atoms with Crippen molar-refractivity contribution in [2.75, 3.05) is 19.6 Å². The van der Waals surface area contributed by atoms with Crippen LogP contribution in [0.25, 0.3) is 0 Å². The number of pyridine rings is 1. The van der Waals surface area contributed by atoms with Gasteiger partial charge in [-0.05, 0) is 24.8 Å². The average Bonchev–Trinajstić information content (AvgIpc) is 2.97. The van der Waals surface area contributed by atoms with Crippen LogP contribution in [-0.4, -0.2) is 57.1 Å². The minimum absolute atomic E-state index is 0.0469. The van der Waals surface area contributed by atoms with Crippen molar-refractivity contribution in [3.8, 4) is 5.75 Å². The van der Waals surface area contributed by atoms with E-state index < -0.39 is 34.6 Å². The predicted octanol–water partition coefficient (Wildman–Crippen LogP) is 2.30. The Balaban J connectivity index is 1.64. The summed E-state index contributed by atoms with van der Waals surface area (Å²) in [6.45, 7) is 6.36. The zero-order valence-electron chi connectivity index (χ0n) is 19.2. The van der Waals surface area contributed by atoms with Crippen LogP contribution in [0.5, 0.6) is 5.75 Å². The van der Waals surface area contributed by atoms with Gasteiger partial charge >= 0.3 is 0 Å². The number of nitrogens with zero attached hydrogens (tertiary/aromatic N) is 3. The molecule has 0 bridgehead atoms. The topological polar surface area (TPSA) is 94.9 Å². The van der Waals surface area contributed by atoms with Crippen LogP contribution >= 0.6 is 0 Å². The number of carbonyl (C=O) groups is 2. The molecule has 0 spiro atoms. The van der Waals surface area contributed by atoms with Crippen molar-refractivity contribution in [2.45, 2.75) is 45.9 Å². The Morgan fingerprint density at radius 2 is 1.94 bits per heavy atom. The molecule has 34 heavy (non-hydrogen) atoms. The van der Waals surface area contributed by atoms with E-state index in [1.807, 2.05) is 0 Å². The maximum Gasteiger partial charge on any atom is 0.275 e. The van der Waals surface area contributed by atoms with E-state index in [9.17, 15) is 28.3 Å². The second-order valence-corrected chi connectivity index (χ2v) is 9.21. The summed E-state index contributed by atoms with van der Waals surface area (Å²) in [4.78, 5) is 42.7. The van der Waals surface area contributed by atoms with E-state index in [-0.39, 0.29) is 29.5 Å². The molecule has 182 valence electrons. The quantitative estimate of drug-likeness (QED) is 0.694. The van der Waals surface area contributed by atoms with E-state index >= 15 is 0 Å². The van der Waals surface area contributed by atoms with Gasteiger partial charge in [-0.15, -0.1) is 0 Å². The number of benzene rings is 1. The summed E-state index contributed by atoms with van der Waals surface area (Å²) in [5.74, 6) is -3.23. The summed E-state index contributed by atoms with van der Waals surface area (Å²) in [7, 11) is 0. The van der Waals surface area contributed by atoms with E-state index in [1.54, 1.807) is 4.90 Å². The molecule has 0 saturated carbocycles. The second kappa shape index (κ2) is 9.54. The van der Waals surface area contributed by atoms with Crippen molar-refractivity contribution in [3.63, 3.8) is 0 Å². The van der Waals surface area contributed by atoms with Crippen LogP contribution in [0.15, 0.2) is 29.2 Å². The summed E-state index contributed by atoms with van der Waals surface area (Å²) in [6.07, 6.45) is 2.78. The van der Waals surface area contributed by atoms with Crippen LogP contribution in [0.3, 0.4) is 0 Å². The van der Waals surface area contributed by atoms with Crippen molar-refractivity contribution in [3.05, 3.63) is 63.1 Å². The lowest BCUT2D eigenvalue weighted by atomic mass is 10.1. The number of halogens is 2. The van der Waals surface area contributed by atoms with E-state index in [1.165, 1.54) is 16.8 Å². The smallest absolute Gasteiger partial charge is 0.275 e. The molecular weight excluding hydrogens is 446 g/mol. The molecule has 2 aliphatic rings. The minimum atomic E-state index is -0.969. The van der Waals surface area contributed by atoms with Gasteiger partial charge in [0.15, 0.2) is 11.4 Å². The third-order valence-corrected chi connectivity index (χ3v) is 6.25. The van der Waals surface area contributed by atoms with Crippen molar-refractivity contribution >= 4 is 11.8 Å². The Hall–Kier alpha value is -3.27.